The first-order chi connectivity index (χ1) is 11.5. The number of halogens is 1. The Morgan fingerprint density at radius 3 is 3.00 bits per heavy atom. The summed E-state index contributed by atoms with van der Waals surface area (Å²) in [6.45, 7) is 2.52. The highest BCUT2D eigenvalue weighted by atomic mass is 35.5. The van der Waals surface area contributed by atoms with Crippen molar-refractivity contribution in [2.24, 2.45) is 7.05 Å². The minimum atomic E-state index is -0.192. The highest BCUT2D eigenvalue weighted by molar-refractivity contribution is 6.32. The van der Waals surface area contributed by atoms with Gasteiger partial charge in [0.2, 0.25) is 12.7 Å². The van der Waals surface area contributed by atoms with Crippen molar-refractivity contribution >= 4 is 23.6 Å². The number of aromatic nitrogens is 3. The van der Waals surface area contributed by atoms with E-state index in [2.05, 4.69) is 15.5 Å². The number of benzene rings is 1. The average molecular weight is 349 g/mol. The molecular formula is C16H17ClN4O3. The lowest BCUT2D eigenvalue weighted by Crippen LogP contribution is -2.24. The van der Waals surface area contributed by atoms with E-state index in [1.165, 1.54) is 6.08 Å². The van der Waals surface area contributed by atoms with Crippen LogP contribution in [0.3, 0.4) is 0 Å². The highest BCUT2D eigenvalue weighted by Gasteiger charge is 2.17. The highest BCUT2D eigenvalue weighted by Crippen LogP contribution is 2.39. The summed E-state index contributed by atoms with van der Waals surface area (Å²) in [5.41, 5.74) is 0.767. The van der Waals surface area contributed by atoms with Gasteiger partial charge in [-0.15, -0.1) is 10.2 Å². The molecule has 1 aromatic heterocycles. The molecule has 1 amide bonds. The van der Waals surface area contributed by atoms with E-state index in [-0.39, 0.29) is 12.7 Å². The monoisotopic (exact) mass is 348 g/mol. The minimum absolute atomic E-state index is 0.157. The summed E-state index contributed by atoms with van der Waals surface area (Å²) < 4.78 is 12.4. The number of carbonyl (C=O) groups is 1. The van der Waals surface area contributed by atoms with E-state index in [1.807, 2.05) is 18.5 Å². The first-order valence-electron chi connectivity index (χ1n) is 7.44. The van der Waals surface area contributed by atoms with Gasteiger partial charge in [0.1, 0.15) is 11.6 Å². The van der Waals surface area contributed by atoms with Crippen molar-refractivity contribution in [1.82, 2.24) is 20.1 Å². The van der Waals surface area contributed by atoms with E-state index in [1.54, 1.807) is 18.2 Å². The molecule has 2 heterocycles. The van der Waals surface area contributed by atoms with Gasteiger partial charge in [0.05, 0.1) is 5.02 Å². The smallest absolute Gasteiger partial charge is 0.244 e. The van der Waals surface area contributed by atoms with E-state index in [0.717, 1.165) is 17.2 Å². The molecule has 0 radical (unpaired) electrons. The summed E-state index contributed by atoms with van der Waals surface area (Å²) >= 11 is 6.10. The Labute approximate surface area is 144 Å². The quantitative estimate of drug-likeness (QED) is 0.835. The van der Waals surface area contributed by atoms with Crippen LogP contribution in [0.2, 0.25) is 5.02 Å². The first-order valence-corrected chi connectivity index (χ1v) is 7.82. The van der Waals surface area contributed by atoms with Gasteiger partial charge in [-0.25, -0.2) is 0 Å². The lowest BCUT2D eigenvalue weighted by molar-refractivity contribution is -0.116. The number of carbonyl (C=O) groups excluding carboxylic acids is 1. The Balaban J connectivity index is 1.54. The Kier molecular flexibility index (Phi) is 4.71. The second-order valence-electron chi connectivity index (χ2n) is 5.33. The molecule has 1 aliphatic rings. The molecule has 0 bridgehead atoms. The number of aryl methyl sites for hydroxylation is 1. The first kappa shape index (κ1) is 16.3. The summed E-state index contributed by atoms with van der Waals surface area (Å²) in [5, 5.41) is 11.3. The minimum Gasteiger partial charge on any atom is -0.454 e. The molecular weight excluding hydrogens is 332 g/mol. The van der Waals surface area contributed by atoms with Crippen LogP contribution in [0.25, 0.3) is 6.08 Å². The van der Waals surface area contributed by atoms with Gasteiger partial charge in [0, 0.05) is 26.1 Å². The molecule has 126 valence electrons. The topological polar surface area (TPSA) is 78.3 Å². The molecule has 0 aliphatic carbocycles. The van der Waals surface area contributed by atoms with Gasteiger partial charge >= 0.3 is 0 Å². The van der Waals surface area contributed by atoms with E-state index >= 15 is 0 Å². The molecule has 0 atom stereocenters. The number of rotatable bonds is 5. The molecule has 24 heavy (non-hydrogen) atoms. The number of ether oxygens (including phenoxy) is 2. The molecule has 8 heteroatoms. The second-order valence-corrected chi connectivity index (χ2v) is 5.74. The molecule has 1 aromatic carbocycles. The molecule has 0 saturated carbocycles. The van der Waals surface area contributed by atoms with Gasteiger partial charge in [-0.2, -0.15) is 0 Å². The standard InChI is InChI=1S/C16H17ClN4O3/c1-10-19-20-14(21(10)2)5-6-18-15(22)4-3-11-7-12(17)16-13(8-11)23-9-24-16/h3-4,7-8H,5-6,9H2,1-2H3,(H,18,22)/b4-3+. The van der Waals surface area contributed by atoms with Crippen LogP contribution >= 0.6 is 11.6 Å². The molecule has 2 aromatic rings. The molecule has 0 fully saturated rings. The van der Waals surface area contributed by atoms with Gasteiger partial charge in [0.15, 0.2) is 11.5 Å². The Morgan fingerprint density at radius 1 is 1.42 bits per heavy atom. The predicted octanol–water partition coefficient (Wildman–Crippen LogP) is 1.88. The Bertz CT molecular complexity index is 801. The van der Waals surface area contributed by atoms with Crippen LogP contribution in [-0.4, -0.2) is 34.0 Å². The van der Waals surface area contributed by atoms with Crippen molar-refractivity contribution < 1.29 is 14.3 Å². The predicted molar refractivity (Wildman–Crippen MR) is 89.1 cm³/mol. The maximum atomic E-state index is 11.9. The van der Waals surface area contributed by atoms with Crippen LogP contribution in [0, 0.1) is 6.92 Å². The zero-order valence-electron chi connectivity index (χ0n) is 13.4. The fourth-order valence-corrected chi connectivity index (χ4v) is 2.55. The van der Waals surface area contributed by atoms with Gasteiger partial charge in [-0.1, -0.05) is 11.6 Å². The molecule has 3 rings (SSSR count). The Morgan fingerprint density at radius 2 is 2.25 bits per heavy atom. The van der Waals surface area contributed by atoms with Crippen molar-refractivity contribution in [2.45, 2.75) is 13.3 Å². The van der Waals surface area contributed by atoms with Crippen LogP contribution in [0.1, 0.15) is 17.2 Å². The molecule has 1 N–H and O–H groups in total. The summed E-state index contributed by atoms with van der Waals surface area (Å²) in [6, 6.07) is 3.50. The normalized spacial score (nSPS) is 12.8. The lowest BCUT2D eigenvalue weighted by atomic mass is 10.2. The van der Waals surface area contributed by atoms with Crippen molar-refractivity contribution in [1.29, 1.82) is 0 Å². The summed E-state index contributed by atoms with van der Waals surface area (Å²) in [7, 11) is 1.90. The number of hydrogen-bond acceptors (Lipinski definition) is 5. The third-order valence-corrected chi connectivity index (χ3v) is 3.99. The molecule has 0 saturated heterocycles. The maximum absolute atomic E-state index is 11.9. The summed E-state index contributed by atoms with van der Waals surface area (Å²) in [6.07, 6.45) is 3.75. The van der Waals surface area contributed by atoms with E-state index < -0.39 is 0 Å². The lowest BCUT2D eigenvalue weighted by Gasteiger charge is -2.03. The average Bonchev–Trinajstić information content (AvgIpc) is 3.15. The fraction of sp³-hybridized carbons (Fsp3) is 0.312. The van der Waals surface area contributed by atoms with Crippen LogP contribution in [-0.2, 0) is 18.3 Å². The van der Waals surface area contributed by atoms with Gasteiger partial charge in [-0.3, -0.25) is 4.79 Å². The molecule has 1 aliphatic heterocycles. The van der Waals surface area contributed by atoms with E-state index in [0.29, 0.717) is 29.5 Å². The zero-order valence-corrected chi connectivity index (χ0v) is 14.1. The number of nitrogens with zero attached hydrogens (tertiary/aromatic N) is 3. The van der Waals surface area contributed by atoms with Crippen molar-refractivity contribution in [2.75, 3.05) is 13.3 Å². The van der Waals surface area contributed by atoms with Crippen LogP contribution in [0.15, 0.2) is 18.2 Å². The summed E-state index contributed by atoms with van der Waals surface area (Å²) in [4.78, 5) is 11.9. The number of hydrogen-bond donors (Lipinski definition) is 1. The number of amides is 1. The third kappa shape index (κ3) is 3.51. The number of fused-ring (bicyclic) bond motifs is 1. The van der Waals surface area contributed by atoms with Crippen LogP contribution < -0.4 is 14.8 Å². The third-order valence-electron chi connectivity index (χ3n) is 3.71. The second kappa shape index (κ2) is 6.92. The van der Waals surface area contributed by atoms with Crippen molar-refractivity contribution in [3.8, 4) is 11.5 Å². The van der Waals surface area contributed by atoms with Crippen molar-refractivity contribution in [3.63, 3.8) is 0 Å². The molecule has 0 spiro atoms. The van der Waals surface area contributed by atoms with Crippen LogP contribution in [0.4, 0.5) is 0 Å². The largest absolute Gasteiger partial charge is 0.454 e. The van der Waals surface area contributed by atoms with E-state index in [4.69, 9.17) is 21.1 Å². The van der Waals surface area contributed by atoms with Crippen molar-refractivity contribution in [3.05, 3.63) is 40.4 Å². The summed E-state index contributed by atoms with van der Waals surface area (Å²) in [5.74, 6) is 2.61. The van der Waals surface area contributed by atoms with E-state index in [9.17, 15) is 4.79 Å². The van der Waals surface area contributed by atoms with Gasteiger partial charge < -0.3 is 19.4 Å². The van der Waals surface area contributed by atoms with Crippen LogP contribution in [0.5, 0.6) is 11.5 Å². The maximum Gasteiger partial charge on any atom is 0.244 e. The zero-order chi connectivity index (χ0) is 17.1. The molecule has 0 unspecified atom stereocenters. The molecule has 7 nitrogen and oxygen atoms in total. The fourth-order valence-electron chi connectivity index (χ4n) is 2.28. The number of nitrogens with one attached hydrogen (secondary N) is 1. The van der Waals surface area contributed by atoms with Gasteiger partial charge in [-0.05, 0) is 30.7 Å². The SMILES string of the molecule is Cc1nnc(CCNC(=O)/C=C/c2cc(Cl)c3c(c2)OCO3)n1C. The Hall–Kier alpha value is -2.54. The van der Waals surface area contributed by atoms with Gasteiger partial charge in [0.25, 0.3) is 0 Å².